The van der Waals surface area contributed by atoms with Gasteiger partial charge in [0.15, 0.2) is 6.61 Å². The van der Waals surface area contributed by atoms with E-state index in [0.717, 1.165) is 27.9 Å². The van der Waals surface area contributed by atoms with Crippen LogP contribution in [-0.4, -0.2) is 43.4 Å². The van der Waals surface area contributed by atoms with Crippen LogP contribution in [0.3, 0.4) is 0 Å². The van der Waals surface area contributed by atoms with E-state index in [4.69, 9.17) is 10.5 Å². The second-order valence-electron chi connectivity index (χ2n) is 8.40. The molecule has 3 N–H and O–H groups in total. The van der Waals surface area contributed by atoms with E-state index >= 15 is 0 Å². The third kappa shape index (κ3) is 4.45. The first-order valence-electron chi connectivity index (χ1n) is 11.1. The second kappa shape index (κ2) is 8.98. The van der Waals surface area contributed by atoms with E-state index in [9.17, 15) is 9.59 Å². The van der Waals surface area contributed by atoms with Crippen molar-refractivity contribution in [1.82, 2.24) is 25.0 Å². The first kappa shape index (κ1) is 22.2. The lowest BCUT2D eigenvalue weighted by Gasteiger charge is -2.24. The summed E-state index contributed by atoms with van der Waals surface area (Å²) >= 11 is 0. The smallest absolute Gasteiger partial charge is 0.272 e. The standard InChI is InChI=1S/C25H23N7O3/c1-14-6-8-16(9-7-14)20-12-27-30-25(28-20)32-24-23(15(2)31-32)19(11-22(34)29-24)17-4-3-5-18(10-17)35-13-21(26)33/h3-10,12,19H,11,13H2,1-2H3,(H2,26,33)(H,29,34)/t19-/m1/s1. The number of benzene rings is 2. The predicted molar refractivity (Wildman–Crippen MR) is 128 cm³/mol. The zero-order valence-electron chi connectivity index (χ0n) is 19.2. The third-order valence-electron chi connectivity index (χ3n) is 5.83. The third-order valence-corrected chi connectivity index (χ3v) is 5.83. The largest absolute Gasteiger partial charge is 0.484 e. The molecule has 1 aliphatic rings. The molecule has 2 aromatic carbocycles. The van der Waals surface area contributed by atoms with Crippen LogP contribution in [0.15, 0.2) is 54.7 Å². The van der Waals surface area contributed by atoms with Crippen molar-refractivity contribution in [3.63, 3.8) is 0 Å². The van der Waals surface area contributed by atoms with E-state index in [1.165, 1.54) is 4.68 Å². The van der Waals surface area contributed by atoms with Crippen molar-refractivity contribution in [2.45, 2.75) is 26.2 Å². The molecule has 35 heavy (non-hydrogen) atoms. The number of aryl methyl sites for hydroxylation is 2. The van der Waals surface area contributed by atoms with Crippen molar-refractivity contribution >= 4 is 17.6 Å². The van der Waals surface area contributed by atoms with Crippen LogP contribution in [0.2, 0.25) is 0 Å². The number of rotatable bonds is 6. The molecule has 0 spiro atoms. The van der Waals surface area contributed by atoms with E-state index in [1.807, 2.05) is 56.3 Å². The van der Waals surface area contributed by atoms with Crippen LogP contribution in [0.5, 0.6) is 5.75 Å². The molecule has 0 radical (unpaired) electrons. The van der Waals surface area contributed by atoms with Gasteiger partial charge in [-0.15, -0.1) is 5.10 Å². The lowest BCUT2D eigenvalue weighted by atomic mass is 9.86. The van der Waals surface area contributed by atoms with Crippen LogP contribution in [0.25, 0.3) is 17.2 Å². The molecule has 5 rings (SSSR count). The average molecular weight is 470 g/mol. The Morgan fingerprint density at radius 2 is 2.00 bits per heavy atom. The van der Waals surface area contributed by atoms with Gasteiger partial charge in [-0.3, -0.25) is 9.59 Å². The number of hydrogen-bond donors (Lipinski definition) is 2. The SMILES string of the molecule is Cc1ccc(-c2cnnc(-n3nc(C)c4c3NC(=O)C[C@@H]4c3cccc(OCC(N)=O)c3)n2)cc1. The Balaban J connectivity index is 1.54. The molecular formula is C25H23N7O3. The number of hydrogen-bond acceptors (Lipinski definition) is 7. The number of nitrogens with two attached hydrogens (primary N) is 1. The Bertz CT molecular complexity index is 1430. The highest BCUT2D eigenvalue weighted by Gasteiger charge is 2.33. The summed E-state index contributed by atoms with van der Waals surface area (Å²) in [4.78, 5) is 28.5. The van der Waals surface area contributed by atoms with Gasteiger partial charge in [-0.1, -0.05) is 42.0 Å². The Hall–Kier alpha value is -4.60. The Morgan fingerprint density at radius 1 is 1.20 bits per heavy atom. The molecule has 0 unspecified atom stereocenters. The highest BCUT2D eigenvalue weighted by molar-refractivity contribution is 5.95. The fourth-order valence-electron chi connectivity index (χ4n) is 4.20. The summed E-state index contributed by atoms with van der Waals surface area (Å²) in [5.41, 5.74) is 10.3. The van der Waals surface area contributed by atoms with Crippen molar-refractivity contribution in [1.29, 1.82) is 0 Å². The van der Waals surface area contributed by atoms with Crippen LogP contribution in [0.4, 0.5) is 5.82 Å². The van der Waals surface area contributed by atoms with Crippen LogP contribution in [-0.2, 0) is 9.59 Å². The molecule has 10 heteroatoms. The normalized spacial score (nSPS) is 14.8. The van der Waals surface area contributed by atoms with Crippen LogP contribution in [0, 0.1) is 13.8 Å². The van der Waals surface area contributed by atoms with Gasteiger partial charge in [0.25, 0.3) is 11.9 Å². The maximum absolute atomic E-state index is 12.7. The highest BCUT2D eigenvalue weighted by atomic mass is 16.5. The zero-order chi connectivity index (χ0) is 24.5. The first-order valence-corrected chi connectivity index (χ1v) is 11.1. The van der Waals surface area contributed by atoms with Crippen LogP contribution in [0.1, 0.15) is 34.7 Å². The minimum Gasteiger partial charge on any atom is -0.484 e. The van der Waals surface area contributed by atoms with Gasteiger partial charge in [0, 0.05) is 23.5 Å². The number of amides is 2. The molecule has 176 valence electrons. The summed E-state index contributed by atoms with van der Waals surface area (Å²) in [6.07, 6.45) is 1.83. The number of carbonyl (C=O) groups is 2. The van der Waals surface area contributed by atoms with Crippen molar-refractivity contribution < 1.29 is 14.3 Å². The quantitative estimate of drug-likeness (QED) is 0.443. The minimum absolute atomic E-state index is 0.158. The van der Waals surface area contributed by atoms with Gasteiger partial charge in [0.1, 0.15) is 11.6 Å². The summed E-state index contributed by atoms with van der Waals surface area (Å²) < 4.78 is 6.98. The molecule has 0 bridgehead atoms. The number of aromatic nitrogens is 5. The molecule has 0 aliphatic carbocycles. The van der Waals surface area contributed by atoms with Gasteiger partial charge in [-0.05, 0) is 31.5 Å². The van der Waals surface area contributed by atoms with Gasteiger partial charge in [0.05, 0.1) is 17.6 Å². The number of primary amides is 1. The Kier molecular flexibility index (Phi) is 5.69. The topological polar surface area (TPSA) is 138 Å². The van der Waals surface area contributed by atoms with Gasteiger partial charge in [-0.2, -0.15) is 14.9 Å². The van der Waals surface area contributed by atoms with E-state index in [-0.39, 0.29) is 30.8 Å². The van der Waals surface area contributed by atoms with Crippen molar-refractivity contribution in [3.05, 3.63) is 77.1 Å². The summed E-state index contributed by atoms with van der Waals surface area (Å²) in [5, 5.41) is 15.9. The van der Waals surface area contributed by atoms with Crippen LogP contribution >= 0.6 is 0 Å². The predicted octanol–water partition coefficient (Wildman–Crippen LogP) is 2.68. The van der Waals surface area contributed by atoms with E-state index < -0.39 is 5.91 Å². The Morgan fingerprint density at radius 3 is 2.77 bits per heavy atom. The molecule has 2 aromatic heterocycles. The summed E-state index contributed by atoms with van der Waals surface area (Å²) in [5.74, 6) is 0.278. The molecule has 1 aliphatic heterocycles. The molecule has 4 aromatic rings. The van der Waals surface area contributed by atoms with Gasteiger partial charge < -0.3 is 15.8 Å². The Labute approximate surface area is 201 Å². The first-order chi connectivity index (χ1) is 16.9. The molecule has 0 saturated heterocycles. The fourth-order valence-corrected chi connectivity index (χ4v) is 4.20. The molecule has 2 amide bonds. The summed E-state index contributed by atoms with van der Waals surface area (Å²) in [6.45, 7) is 3.67. The molecule has 1 atom stereocenters. The fraction of sp³-hybridized carbons (Fsp3) is 0.200. The van der Waals surface area contributed by atoms with E-state index in [0.29, 0.717) is 17.3 Å². The van der Waals surface area contributed by atoms with Crippen molar-refractivity contribution in [2.24, 2.45) is 5.73 Å². The van der Waals surface area contributed by atoms with Gasteiger partial charge in [0.2, 0.25) is 5.91 Å². The number of nitrogens with zero attached hydrogens (tertiary/aromatic N) is 5. The molecule has 0 saturated carbocycles. The summed E-state index contributed by atoms with van der Waals surface area (Å²) in [7, 11) is 0. The maximum Gasteiger partial charge on any atom is 0.272 e. The monoisotopic (exact) mass is 469 g/mol. The van der Waals surface area contributed by atoms with Gasteiger partial charge in [-0.25, -0.2) is 4.98 Å². The highest BCUT2D eigenvalue weighted by Crippen LogP contribution is 2.40. The molecule has 3 heterocycles. The molecule has 0 fully saturated rings. The lowest BCUT2D eigenvalue weighted by molar-refractivity contribution is -0.120. The number of fused-ring (bicyclic) bond motifs is 1. The van der Waals surface area contributed by atoms with E-state index in [1.54, 1.807) is 12.3 Å². The molecular weight excluding hydrogens is 446 g/mol. The van der Waals surface area contributed by atoms with Crippen LogP contribution < -0.4 is 15.8 Å². The number of anilines is 1. The average Bonchev–Trinajstić information content (AvgIpc) is 3.19. The number of ether oxygens (including phenoxy) is 1. The molecule has 10 nitrogen and oxygen atoms in total. The number of carbonyl (C=O) groups excluding carboxylic acids is 2. The summed E-state index contributed by atoms with van der Waals surface area (Å²) in [6, 6.07) is 15.2. The van der Waals surface area contributed by atoms with E-state index in [2.05, 4.69) is 25.6 Å². The lowest BCUT2D eigenvalue weighted by Crippen LogP contribution is -2.25. The maximum atomic E-state index is 12.7. The van der Waals surface area contributed by atoms with Gasteiger partial charge >= 0.3 is 0 Å². The zero-order valence-corrected chi connectivity index (χ0v) is 19.2. The van der Waals surface area contributed by atoms with Crippen molar-refractivity contribution in [3.8, 4) is 23.0 Å². The minimum atomic E-state index is -0.562. The van der Waals surface area contributed by atoms with Crippen molar-refractivity contribution in [2.75, 3.05) is 11.9 Å². The second-order valence-corrected chi connectivity index (χ2v) is 8.40. The number of nitrogens with one attached hydrogen (secondary N) is 1.